The minimum atomic E-state index is 0.131. The third-order valence-corrected chi connectivity index (χ3v) is 4.73. The van der Waals surface area contributed by atoms with Crippen LogP contribution in [-0.4, -0.2) is 55.8 Å². The molecule has 1 aromatic carbocycles. The molecule has 0 aromatic heterocycles. The Bertz CT molecular complexity index is 549. The Morgan fingerprint density at radius 3 is 3.13 bits per heavy atom. The number of methoxy groups -OCH3 is 1. The van der Waals surface area contributed by atoms with Gasteiger partial charge in [-0.05, 0) is 37.5 Å². The topological polar surface area (TPSA) is 50.8 Å². The van der Waals surface area contributed by atoms with E-state index in [1.54, 1.807) is 7.11 Å². The lowest BCUT2D eigenvalue weighted by molar-refractivity contribution is -0.121. The molecule has 2 fully saturated rings. The van der Waals surface area contributed by atoms with Gasteiger partial charge in [0.05, 0.1) is 19.8 Å². The third kappa shape index (κ3) is 4.24. The monoisotopic (exact) mass is 318 g/mol. The highest BCUT2D eigenvalue weighted by Gasteiger charge is 2.36. The molecule has 0 spiro atoms. The van der Waals surface area contributed by atoms with E-state index in [-0.39, 0.29) is 11.9 Å². The van der Waals surface area contributed by atoms with Crippen molar-refractivity contribution in [1.82, 2.24) is 10.2 Å². The number of nitrogens with zero attached hydrogens (tertiary/aromatic N) is 1. The quantitative estimate of drug-likeness (QED) is 0.896. The summed E-state index contributed by atoms with van der Waals surface area (Å²) >= 11 is 0. The number of hydrogen-bond donors (Lipinski definition) is 1. The lowest BCUT2D eigenvalue weighted by Gasteiger charge is -2.33. The molecule has 5 heteroatoms. The number of fused-ring (bicyclic) bond motifs is 1. The standard InChI is InChI=1S/C18H26N2O3/c1-13-10-20-11-15(9-16(20)12-23-13)19-18(21)7-6-14-4-3-5-17(8-14)22-2/h3-5,8,13,15-16H,6-7,9-12H2,1-2H3,(H,19,21)/t13-,15+,16-/m0/s1. The highest BCUT2D eigenvalue weighted by molar-refractivity contribution is 5.76. The molecule has 3 atom stereocenters. The number of carbonyl (C=O) groups is 1. The summed E-state index contributed by atoms with van der Waals surface area (Å²) in [6.07, 6.45) is 2.55. The molecule has 2 saturated heterocycles. The first-order chi connectivity index (χ1) is 11.1. The van der Waals surface area contributed by atoms with E-state index in [0.717, 1.165) is 43.9 Å². The number of rotatable bonds is 5. The molecule has 2 aliphatic heterocycles. The van der Waals surface area contributed by atoms with Crippen LogP contribution in [0.1, 0.15) is 25.3 Å². The molecule has 3 rings (SSSR count). The molecule has 1 amide bonds. The Labute approximate surface area is 137 Å². The third-order valence-electron chi connectivity index (χ3n) is 4.73. The molecule has 5 nitrogen and oxygen atoms in total. The summed E-state index contributed by atoms with van der Waals surface area (Å²) in [7, 11) is 1.66. The largest absolute Gasteiger partial charge is 0.497 e. The van der Waals surface area contributed by atoms with Crippen molar-refractivity contribution in [2.45, 2.75) is 44.4 Å². The number of ether oxygens (including phenoxy) is 2. The first-order valence-corrected chi connectivity index (χ1v) is 8.42. The molecule has 126 valence electrons. The van der Waals surface area contributed by atoms with Crippen LogP contribution in [0.2, 0.25) is 0 Å². The van der Waals surface area contributed by atoms with E-state index in [1.165, 1.54) is 0 Å². The number of benzene rings is 1. The van der Waals surface area contributed by atoms with Gasteiger partial charge in [0.2, 0.25) is 5.91 Å². The second-order valence-electron chi connectivity index (χ2n) is 6.60. The van der Waals surface area contributed by atoms with Crippen LogP contribution in [-0.2, 0) is 16.0 Å². The fourth-order valence-electron chi connectivity index (χ4n) is 3.53. The van der Waals surface area contributed by atoms with Crippen LogP contribution in [0.5, 0.6) is 5.75 Å². The van der Waals surface area contributed by atoms with Crippen molar-refractivity contribution < 1.29 is 14.3 Å². The van der Waals surface area contributed by atoms with Gasteiger partial charge in [0.1, 0.15) is 5.75 Å². The van der Waals surface area contributed by atoms with E-state index < -0.39 is 0 Å². The van der Waals surface area contributed by atoms with Crippen LogP contribution in [0.4, 0.5) is 0 Å². The normalized spacial score (nSPS) is 27.5. The zero-order valence-corrected chi connectivity index (χ0v) is 14.0. The van der Waals surface area contributed by atoms with E-state index >= 15 is 0 Å². The first kappa shape index (κ1) is 16.3. The fraction of sp³-hybridized carbons (Fsp3) is 0.611. The molecule has 0 radical (unpaired) electrons. The van der Waals surface area contributed by atoms with Crippen molar-refractivity contribution in [3.8, 4) is 5.75 Å². The highest BCUT2D eigenvalue weighted by Crippen LogP contribution is 2.23. The second-order valence-corrected chi connectivity index (χ2v) is 6.60. The Balaban J connectivity index is 1.44. The van der Waals surface area contributed by atoms with Gasteiger partial charge in [0, 0.05) is 31.6 Å². The zero-order valence-electron chi connectivity index (χ0n) is 14.0. The molecule has 1 aromatic rings. The van der Waals surface area contributed by atoms with Gasteiger partial charge in [0.25, 0.3) is 0 Å². The van der Waals surface area contributed by atoms with Crippen LogP contribution in [0, 0.1) is 0 Å². The maximum atomic E-state index is 12.2. The second kappa shape index (κ2) is 7.32. The van der Waals surface area contributed by atoms with Crippen LogP contribution in [0.15, 0.2) is 24.3 Å². The minimum absolute atomic E-state index is 0.131. The summed E-state index contributed by atoms with van der Waals surface area (Å²) in [6, 6.07) is 8.62. The summed E-state index contributed by atoms with van der Waals surface area (Å²) in [5, 5.41) is 3.18. The Morgan fingerprint density at radius 2 is 2.30 bits per heavy atom. The summed E-state index contributed by atoms with van der Waals surface area (Å²) in [6.45, 7) is 4.82. The molecular formula is C18H26N2O3. The SMILES string of the molecule is COc1cccc(CCC(=O)N[C@@H]2C[C@H]3CO[C@@H](C)CN3C2)c1. The molecule has 0 unspecified atom stereocenters. The van der Waals surface area contributed by atoms with Crippen molar-refractivity contribution >= 4 is 5.91 Å². The molecule has 0 bridgehead atoms. The maximum absolute atomic E-state index is 12.2. The maximum Gasteiger partial charge on any atom is 0.220 e. The average molecular weight is 318 g/mol. The molecule has 0 saturated carbocycles. The predicted octanol–water partition coefficient (Wildman–Crippen LogP) is 1.61. The number of carbonyl (C=O) groups excluding carboxylic acids is 1. The van der Waals surface area contributed by atoms with Gasteiger partial charge in [0.15, 0.2) is 0 Å². The van der Waals surface area contributed by atoms with E-state index in [4.69, 9.17) is 9.47 Å². The van der Waals surface area contributed by atoms with E-state index in [9.17, 15) is 4.79 Å². The molecule has 2 heterocycles. The van der Waals surface area contributed by atoms with Crippen LogP contribution < -0.4 is 10.1 Å². The predicted molar refractivity (Wildman–Crippen MR) is 88.6 cm³/mol. The van der Waals surface area contributed by atoms with Crippen molar-refractivity contribution in [3.63, 3.8) is 0 Å². The average Bonchev–Trinajstić information content (AvgIpc) is 2.94. The van der Waals surface area contributed by atoms with Crippen molar-refractivity contribution in [3.05, 3.63) is 29.8 Å². The number of hydrogen-bond acceptors (Lipinski definition) is 4. The first-order valence-electron chi connectivity index (χ1n) is 8.42. The summed E-state index contributed by atoms with van der Waals surface area (Å²) in [5.74, 6) is 0.969. The zero-order chi connectivity index (χ0) is 16.2. The summed E-state index contributed by atoms with van der Waals surface area (Å²) in [4.78, 5) is 14.7. The van der Waals surface area contributed by atoms with Crippen LogP contribution in [0.25, 0.3) is 0 Å². The van der Waals surface area contributed by atoms with E-state index in [1.807, 2.05) is 24.3 Å². The molecule has 1 N–H and O–H groups in total. The van der Waals surface area contributed by atoms with Gasteiger partial charge in [-0.2, -0.15) is 0 Å². The van der Waals surface area contributed by atoms with Gasteiger partial charge >= 0.3 is 0 Å². The number of aryl methyl sites for hydroxylation is 1. The summed E-state index contributed by atoms with van der Waals surface area (Å²) in [5.41, 5.74) is 1.13. The van der Waals surface area contributed by atoms with Gasteiger partial charge < -0.3 is 14.8 Å². The van der Waals surface area contributed by atoms with Gasteiger partial charge in [-0.15, -0.1) is 0 Å². The molecule has 2 aliphatic rings. The summed E-state index contributed by atoms with van der Waals surface area (Å²) < 4.78 is 10.9. The number of nitrogens with one attached hydrogen (secondary N) is 1. The highest BCUT2D eigenvalue weighted by atomic mass is 16.5. The van der Waals surface area contributed by atoms with Crippen LogP contribution >= 0.6 is 0 Å². The molecule has 0 aliphatic carbocycles. The van der Waals surface area contributed by atoms with Gasteiger partial charge in [-0.3, -0.25) is 9.69 Å². The van der Waals surface area contributed by atoms with Gasteiger partial charge in [-0.1, -0.05) is 12.1 Å². The lowest BCUT2D eigenvalue weighted by Crippen LogP contribution is -2.45. The minimum Gasteiger partial charge on any atom is -0.497 e. The smallest absolute Gasteiger partial charge is 0.220 e. The van der Waals surface area contributed by atoms with Crippen molar-refractivity contribution in [2.75, 3.05) is 26.8 Å². The van der Waals surface area contributed by atoms with E-state index in [0.29, 0.717) is 18.6 Å². The lowest BCUT2D eigenvalue weighted by atomic mass is 10.1. The van der Waals surface area contributed by atoms with E-state index in [2.05, 4.69) is 17.1 Å². The molecule has 23 heavy (non-hydrogen) atoms. The fourth-order valence-corrected chi connectivity index (χ4v) is 3.53. The number of morpholine rings is 1. The Morgan fingerprint density at radius 1 is 1.43 bits per heavy atom. The number of amides is 1. The van der Waals surface area contributed by atoms with Crippen LogP contribution in [0.3, 0.4) is 0 Å². The van der Waals surface area contributed by atoms with Gasteiger partial charge in [-0.25, -0.2) is 0 Å². The Kier molecular flexibility index (Phi) is 5.18. The molecular weight excluding hydrogens is 292 g/mol. The van der Waals surface area contributed by atoms with Crippen molar-refractivity contribution in [2.24, 2.45) is 0 Å². The Hall–Kier alpha value is -1.59. The van der Waals surface area contributed by atoms with Crippen molar-refractivity contribution in [1.29, 1.82) is 0 Å².